The highest BCUT2D eigenvalue weighted by Crippen LogP contribution is 2.40. The highest BCUT2D eigenvalue weighted by Gasteiger charge is 2.18. The second-order valence-electron chi connectivity index (χ2n) is 6.70. The lowest BCUT2D eigenvalue weighted by Gasteiger charge is -2.08. The number of hydrogen-bond acceptors (Lipinski definition) is 3. The summed E-state index contributed by atoms with van der Waals surface area (Å²) in [7, 11) is 0. The van der Waals surface area contributed by atoms with Gasteiger partial charge in [0, 0.05) is 21.3 Å². The van der Waals surface area contributed by atoms with Crippen LogP contribution in [0.2, 0.25) is 5.02 Å². The fraction of sp³-hybridized carbons (Fsp3) is 0.250. The monoisotopic (exact) mass is 447 g/mol. The van der Waals surface area contributed by atoms with Crippen LogP contribution in [-0.2, 0) is 11.3 Å². The number of benzene rings is 2. The molecule has 3 aromatic rings. The second-order valence-corrected chi connectivity index (χ2v) is 8.03. The lowest BCUT2D eigenvalue weighted by molar-refractivity contribution is -0.118. The molecule has 0 aliphatic rings. The molecule has 5 nitrogen and oxygen atoms in total. The number of carbonyl (C=O) groups is 1. The molecule has 0 saturated carbocycles. The van der Waals surface area contributed by atoms with Crippen LogP contribution >= 0.6 is 27.5 Å². The van der Waals surface area contributed by atoms with Crippen molar-refractivity contribution in [3.63, 3.8) is 0 Å². The van der Waals surface area contributed by atoms with Crippen LogP contribution in [0.1, 0.15) is 25.8 Å². The van der Waals surface area contributed by atoms with Gasteiger partial charge in [-0.3, -0.25) is 4.79 Å². The first-order valence-corrected chi connectivity index (χ1v) is 9.72. The predicted octanol–water partition coefficient (Wildman–Crippen LogP) is 6.47. The van der Waals surface area contributed by atoms with Gasteiger partial charge in [-0.25, -0.2) is 0 Å². The van der Waals surface area contributed by atoms with Gasteiger partial charge in [0.15, 0.2) is 5.69 Å². The zero-order chi connectivity index (χ0) is 19.6. The van der Waals surface area contributed by atoms with Crippen molar-refractivity contribution < 1.29 is 9.90 Å². The summed E-state index contributed by atoms with van der Waals surface area (Å²) >= 11 is 9.71. The molecule has 0 spiro atoms. The van der Waals surface area contributed by atoms with E-state index >= 15 is 0 Å². The molecule has 0 radical (unpaired) electrons. The molecule has 0 unspecified atom stereocenters. The fourth-order valence-corrected chi connectivity index (χ4v) is 3.40. The van der Waals surface area contributed by atoms with Gasteiger partial charge in [0.1, 0.15) is 0 Å². The Balaban J connectivity index is 2.07. The molecule has 0 saturated heterocycles. The summed E-state index contributed by atoms with van der Waals surface area (Å²) in [4.78, 5) is 11.9. The van der Waals surface area contributed by atoms with Gasteiger partial charge in [-0.05, 0) is 35.7 Å². The van der Waals surface area contributed by atoms with Gasteiger partial charge in [0.05, 0.1) is 12.1 Å². The average molecular weight is 449 g/mol. The smallest absolute Gasteiger partial charge is 0.265 e. The van der Waals surface area contributed by atoms with Crippen LogP contribution in [0.5, 0.6) is 5.88 Å². The topological polar surface area (TPSA) is 66.9 Å². The number of aromatic hydroxyl groups is 1. The molecule has 0 bridgehead atoms. The Labute approximate surface area is 170 Å². The third kappa shape index (κ3) is 4.39. The maximum Gasteiger partial charge on any atom is 0.265 e. The van der Waals surface area contributed by atoms with Crippen LogP contribution in [0, 0.1) is 5.92 Å². The molecule has 0 atom stereocenters. The van der Waals surface area contributed by atoms with Crippen molar-refractivity contribution in [1.82, 2.24) is 4.57 Å². The van der Waals surface area contributed by atoms with E-state index in [0.29, 0.717) is 23.4 Å². The number of azo groups is 1. The molecule has 7 heteroatoms. The molecule has 1 N–H and O–H groups in total. The van der Waals surface area contributed by atoms with Gasteiger partial charge < -0.3 is 9.67 Å². The van der Waals surface area contributed by atoms with Crippen molar-refractivity contribution in [3.8, 4) is 5.88 Å². The average Bonchev–Trinajstić information content (AvgIpc) is 2.85. The zero-order valence-electron chi connectivity index (χ0n) is 15.0. The van der Waals surface area contributed by atoms with Gasteiger partial charge in [-0.15, -0.1) is 10.2 Å². The van der Waals surface area contributed by atoms with E-state index in [4.69, 9.17) is 11.6 Å². The number of hydrogen-bond donors (Lipinski definition) is 1. The minimum atomic E-state index is -0.314. The maximum atomic E-state index is 11.9. The third-order valence-electron chi connectivity index (χ3n) is 4.10. The summed E-state index contributed by atoms with van der Waals surface area (Å²) in [5.41, 5.74) is 1.92. The van der Waals surface area contributed by atoms with E-state index in [2.05, 4.69) is 26.2 Å². The molecular formula is C20H19BrClN3O2. The Morgan fingerprint density at radius 2 is 2.00 bits per heavy atom. The lowest BCUT2D eigenvalue weighted by Crippen LogP contribution is -1.99. The van der Waals surface area contributed by atoms with E-state index in [1.54, 1.807) is 10.6 Å². The first-order chi connectivity index (χ1) is 12.9. The molecule has 1 amide bonds. The Morgan fingerprint density at radius 1 is 1.26 bits per heavy atom. The van der Waals surface area contributed by atoms with Crippen molar-refractivity contribution in [1.29, 1.82) is 0 Å². The summed E-state index contributed by atoms with van der Waals surface area (Å²) in [6.45, 7) is 4.26. The number of aromatic nitrogens is 1. The Hall–Kier alpha value is -2.18. The third-order valence-corrected chi connectivity index (χ3v) is 4.96. The highest BCUT2D eigenvalue weighted by molar-refractivity contribution is 9.10. The van der Waals surface area contributed by atoms with Gasteiger partial charge in [-0.1, -0.05) is 59.6 Å². The van der Waals surface area contributed by atoms with E-state index in [1.165, 1.54) is 0 Å². The van der Waals surface area contributed by atoms with E-state index in [9.17, 15) is 9.90 Å². The van der Waals surface area contributed by atoms with Crippen molar-refractivity contribution >= 4 is 50.0 Å². The number of halogens is 2. The minimum absolute atomic E-state index is 0.0517. The molecule has 2 aromatic carbocycles. The summed E-state index contributed by atoms with van der Waals surface area (Å²) < 4.78 is 2.56. The van der Waals surface area contributed by atoms with Gasteiger partial charge >= 0.3 is 0 Å². The van der Waals surface area contributed by atoms with E-state index in [-0.39, 0.29) is 23.4 Å². The number of fused-ring (bicyclic) bond motifs is 1. The molecule has 1 aromatic heterocycles. The van der Waals surface area contributed by atoms with E-state index in [1.807, 2.05) is 50.2 Å². The van der Waals surface area contributed by atoms with E-state index < -0.39 is 0 Å². The SMILES string of the molecule is CC(C)CC(=O)N=Nc1c(O)n(Cc2ccccc2Cl)c2ccc(Br)cc12. The molecule has 0 aliphatic heterocycles. The van der Waals surface area contributed by atoms with Crippen molar-refractivity contribution in [3.05, 3.63) is 57.5 Å². The molecule has 0 fully saturated rings. The van der Waals surface area contributed by atoms with Gasteiger partial charge in [0.25, 0.3) is 5.91 Å². The quantitative estimate of drug-likeness (QED) is 0.455. The van der Waals surface area contributed by atoms with Crippen LogP contribution in [-0.4, -0.2) is 15.6 Å². The Bertz CT molecular complexity index is 1030. The molecular weight excluding hydrogens is 430 g/mol. The normalized spacial score (nSPS) is 11.7. The summed E-state index contributed by atoms with van der Waals surface area (Å²) in [6.07, 6.45) is 0.312. The largest absolute Gasteiger partial charge is 0.493 e. The first kappa shape index (κ1) is 19.6. The molecule has 1 heterocycles. The standard InChI is InChI=1S/C20H19BrClN3O2/c1-12(2)9-18(26)23-24-19-15-10-14(21)7-8-17(15)25(20(19)27)11-13-5-3-4-6-16(13)22/h3-8,10,12,27H,9,11H2,1-2H3. The number of nitrogens with zero attached hydrogens (tertiary/aromatic N) is 3. The van der Waals surface area contributed by atoms with Gasteiger partial charge in [-0.2, -0.15) is 0 Å². The molecule has 27 heavy (non-hydrogen) atoms. The van der Waals surface area contributed by atoms with Crippen LogP contribution in [0.25, 0.3) is 10.9 Å². The molecule has 140 valence electrons. The van der Waals surface area contributed by atoms with Crippen LogP contribution in [0.15, 0.2) is 57.2 Å². The zero-order valence-corrected chi connectivity index (χ0v) is 17.3. The van der Waals surface area contributed by atoms with Crippen LogP contribution in [0.3, 0.4) is 0 Å². The first-order valence-electron chi connectivity index (χ1n) is 8.55. The summed E-state index contributed by atoms with van der Waals surface area (Å²) in [6, 6.07) is 13.1. The van der Waals surface area contributed by atoms with Crippen molar-refractivity contribution in [2.24, 2.45) is 16.1 Å². The highest BCUT2D eigenvalue weighted by atomic mass is 79.9. The van der Waals surface area contributed by atoms with Crippen molar-refractivity contribution in [2.75, 3.05) is 0 Å². The Morgan fingerprint density at radius 3 is 2.70 bits per heavy atom. The van der Waals surface area contributed by atoms with Crippen LogP contribution in [0.4, 0.5) is 5.69 Å². The minimum Gasteiger partial charge on any atom is -0.493 e. The maximum absolute atomic E-state index is 11.9. The van der Waals surface area contributed by atoms with Gasteiger partial charge in [0.2, 0.25) is 5.88 Å². The predicted molar refractivity (Wildman–Crippen MR) is 111 cm³/mol. The molecule has 3 rings (SSSR count). The summed E-state index contributed by atoms with van der Waals surface area (Å²) in [5.74, 6) is -0.170. The Kier molecular flexibility index (Phi) is 5.97. The number of rotatable bonds is 5. The summed E-state index contributed by atoms with van der Waals surface area (Å²) in [5, 5.41) is 20.0. The lowest BCUT2D eigenvalue weighted by atomic mass is 10.1. The van der Waals surface area contributed by atoms with E-state index in [0.717, 1.165) is 15.6 Å². The number of carbonyl (C=O) groups excluding carboxylic acids is 1. The van der Waals surface area contributed by atoms with Crippen LogP contribution < -0.4 is 0 Å². The molecule has 0 aliphatic carbocycles. The van der Waals surface area contributed by atoms with Crippen molar-refractivity contribution in [2.45, 2.75) is 26.8 Å². The second kappa shape index (κ2) is 8.23. The fourth-order valence-electron chi connectivity index (χ4n) is 2.85. The number of amides is 1.